The summed E-state index contributed by atoms with van der Waals surface area (Å²) in [4.78, 5) is 18.2. The third kappa shape index (κ3) is 4.43. The normalized spacial score (nSPS) is 11.1. The van der Waals surface area contributed by atoms with Crippen LogP contribution >= 0.6 is 0 Å². The fourth-order valence-electron chi connectivity index (χ4n) is 4.19. The number of aromatic nitrogens is 3. The van der Waals surface area contributed by atoms with Gasteiger partial charge in [0.1, 0.15) is 5.82 Å². The summed E-state index contributed by atoms with van der Waals surface area (Å²) in [5, 5.41) is 8.20. The van der Waals surface area contributed by atoms with E-state index < -0.39 is 0 Å². The molecular formula is C29H25FN4O. The van der Waals surface area contributed by atoms with Crippen LogP contribution in [0.5, 0.6) is 0 Å². The van der Waals surface area contributed by atoms with E-state index in [4.69, 9.17) is 4.98 Å². The van der Waals surface area contributed by atoms with Gasteiger partial charge in [-0.05, 0) is 57.2 Å². The van der Waals surface area contributed by atoms with E-state index in [9.17, 15) is 9.18 Å². The molecule has 3 aromatic carbocycles. The highest BCUT2D eigenvalue weighted by atomic mass is 19.1. The Hall–Kier alpha value is -4.32. The van der Waals surface area contributed by atoms with Crippen molar-refractivity contribution in [3.05, 3.63) is 113 Å². The topological polar surface area (TPSA) is 59.8 Å². The second-order valence-electron chi connectivity index (χ2n) is 8.74. The molecule has 0 bridgehead atoms. The number of hydrogen-bond donors (Lipinski definition) is 1. The van der Waals surface area contributed by atoms with E-state index in [1.165, 1.54) is 11.6 Å². The number of fused-ring (bicyclic) bond motifs is 1. The van der Waals surface area contributed by atoms with Crippen molar-refractivity contribution in [2.75, 3.05) is 0 Å². The SMILES string of the molecule is Cc1ccc(-n2ncc(-c3cc(C(=O)NCc4ccccc4F)c4cc(C)ccc4n3)c2C)cc1. The molecule has 0 fully saturated rings. The van der Waals surface area contributed by atoms with Gasteiger partial charge in [-0.2, -0.15) is 5.10 Å². The van der Waals surface area contributed by atoms with Crippen LogP contribution in [0.3, 0.4) is 0 Å². The molecule has 1 amide bonds. The van der Waals surface area contributed by atoms with Crippen LogP contribution in [0.1, 0.15) is 32.7 Å². The smallest absolute Gasteiger partial charge is 0.252 e. The predicted molar refractivity (Wildman–Crippen MR) is 136 cm³/mol. The maximum Gasteiger partial charge on any atom is 0.252 e. The fraction of sp³-hybridized carbons (Fsp3) is 0.138. The summed E-state index contributed by atoms with van der Waals surface area (Å²) in [5.74, 6) is -0.626. The second-order valence-corrected chi connectivity index (χ2v) is 8.74. The van der Waals surface area contributed by atoms with Gasteiger partial charge in [-0.1, -0.05) is 47.5 Å². The van der Waals surface area contributed by atoms with Crippen LogP contribution in [-0.2, 0) is 6.54 Å². The largest absolute Gasteiger partial charge is 0.348 e. The number of carbonyl (C=O) groups excluding carboxylic acids is 1. The molecule has 0 aliphatic rings. The number of nitrogens with one attached hydrogen (secondary N) is 1. The van der Waals surface area contributed by atoms with Crippen molar-refractivity contribution in [2.24, 2.45) is 0 Å². The van der Waals surface area contributed by atoms with Crippen molar-refractivity contribution in [1.29, 1.82) is 0 Å². The minimum absolute atomic E-state index is 0.0981. The zero-order valence-corrected chi connectivity index (χ0v) is 19.8. The quantitative estimate of drug-likeness (QED) is 0.343. The number of aryl methyl sites for hydroxylation is 2. The van der Waals surface area contributed by atoms with Crippen LogP contribution in [0, 0.1) is 26.6 Å². The maximum atomic E-state index is 14.1. The summed E-state index contributed by atoms with van der Waals surface area (Å²) in [6, 6.07) is 22.2. The van der Waals surface area contributed by atoms with Gasteiger partial charge in [-0.3, -0.25) is 4.79 Å². The molecule has 5 rings (SSSR count). The molecule has 35 heavy (non-hydrogen) atoms. The van der Waals surface area contributed by atoms with Gasteiger partial charge in [0.05, 0.1) is 34.4 Å². The van der Waals surface area contributed by atoms with E-state index >= 15 is 0 Å². The lowest BCUT2D eigenvalue weighted by atomic mass is 10.0. The molecule has 0 radical (unpaired) electrons. The number of amides is 1. The van der Waals surface area contributed by atoms with E-state index in [0.29, 0.717) is 22.3 Å². The second kappa shape index (κ2) is 9.14. The Balaban J connectivity index is 1.55. The van der Waals surface area contributed by atoms with Crippen molar-refractivity contribution in [3.63, 3.8) is 0 Å². The standard InChI is InChI=1S/C29H25FN4O/c1-18-8-11-22(12-9-18)34-20(3)25(17-32-34)28-15-24(23-14-19(2)10-13-27(23)33-28)29(35)31-16-21-6-4-5-7-26(21)30/h4-15,17H,16H2,1-3H3,(H,31,35). The molecule has 6 heteroatoms. The first-order chi connectivity index (χ1) is 16.9. The molecule has 0 aliphatic carbocycles. The Morgan fingerprint density at radius 3 is 2.46 bits per heavy atom. The van der Waals surface area contributed by atoms with Gasteiger partial charge in [0, 0.05) is 23.1 Å². The average molecular weight is 465 g/mol. The first-order valence-corrected chi connectivity index (χ1v) is 11.5. The van der Waals surface area contributed by atoms with Gasteiger partial charge in [0.15, 0.2) is 0 Å². The van der Waals surface area contributed by atoms with Crippen molar-refractivity contribution in [1.82, 2.24) is 20.1 Å². The number of carbonyl (C=O) groups is 1. The maximum absolute atomic E-state index is 14.1. The van der Waals surface area contributed by atoms with Gasteiger partial charge in [0.2, 0.25) is 0 Å². The van der Waals surface area contributed by atoms with E-state index in [2.05, 4.69) is 10.4 Å². The first kappa shape index (κ1) is 22.5. The average Bonchev–Trinajstić information content (AvgIpc) is 3.24. The van der Waals surface area contributed by atoms with Crippen LogP contribution in [0.25, 0.3) is 27.8 Å². The number of nitrogens with zero attached hydrogens (tertiary/aromatic N) is 3. The number of pyridine rings is 1. The van der Waals surface area contributed by atoms with Crippen LogP contribution in [0.4, 0.5) is 4.39 Å². The highest BCUT2D eigenvalue weighted by Crippen LogP contribution is 2.29. The van der Waals surface area contributed by atoms with Gasteiger partial charge in [-0.25, -0.2) is 14.1 Å². The first-order valence-electron chi connectivity index (χ1n) is 11.5. The van der Waals surface area contributed by atoms with Gasteiger partial charge in [-0.15, -0.1) is 0 Å². The number of benzene rings is 3. The zero-order valence-electron chi connectivity index (χ0n) is 19.8. The lowest BCUT2D eigenvalue weighted by Crippen LogP contribution is -2.23. The summed E-state index contributed by atoms with van der Waals surface area (Å²) in [6.45, 7) is 6.11. The molecule has 0 saturated heterocycles. The summed E-state index contributed by atoms with van der Waals surface area (Å²) < 4.78 is 15.9. The van der Waals surface area contributed by atoms with Crippen LogP contribution in [0.15, 0.2) is 79.0 Å². The van der Waals surface area contributed by atoms with Crippen molar-refractivity contribution >= 4 is 16.8 Å². The molecule has 5 aromatic rings. The Kier molecular flexibility index (Phi) is 5.87. The highest BCUT2D eigenvalue weighted by Gasteiger charge is 2.18. The lowest BCUT2D eigenvalue weighted by molar-refractivity contribution is 0.0952. The van der Waals surface area contributed by atoms with Crippen LogP contribution in [0.2, 0.25) is 0 Å². The number of halogens is 1. The predicted octanol–water partition coefficient (Wildman–Crippen LogP) is 6.08. The van der Waals surface area contributed by atoms with Crippen molar-refractivity contribution in [3.8, 4) is 16.9 Å². The van der Waals surface area contributed by atoms with E-state index in [0.717, 1.165) is 27.9 Å². The highest BCUT2D eigenvalue weighted by molar-refractivity contribution is 6.07. The Morgan fingerprint density at radius 2 is 1.69 bits per heavy atom. The van der Waals surface area contributed by atoms with Crippen LogP contribution < -0.4 is 5.32 Å². The molecule has 2 aromatic heterocycles. The number of rotatable bonds is 5. The summed E-state index contributed by atoms with van der Waals surface area (Å²) in [7, 11) is 0. The Bertz CT molecular complexity index is 1550. The fourth-order valence-corrected chi connectivity index (χ4v) is 4.19. The van der Waals surface area contributed by atoms with E-state index in [-0.39, 0.29) is 18.3 Å². The lowest BCUT2D eigenvalue weighted by Gasteiger charge is -2.12. The van der Waals surface area contributed by atoms with E-state index in [1.54, 1.807) is 30.5 Å². The molecule has 174 valence electrons. The Morgan fingerprint density at radius 1 is 0.943 bits per heavy atom. The van der Waals surface area contributed by atoms with Crippen molar-refractivity contribution < 1.29 is 9.18 Å². The molecule has 5 nitrogen and oxygen atoms in total. The Labute approximate surface area is 203 Å². The van der Waals surface area contributed by atoms with Crippen LogP contribution in [-0.4, -0.2) is 20.7 Å². The number of hydrogen-bond acceptors (Lipinski definition) is 3. The molecule has 0 unspecified atom stereocenters. The molecule has 2 heterocycles. The molecular weight excluding hydrogens is 439 g/mol. The monoisotopic (exact) mass is 464 g/mol. The molecule has 0 saturated carbocycles. The minimum atomic E-state index is -0.344. The zero-order chi connectivity index (χ0) is 24.5. The van der Waals surface area contributed by atoms with Gasteiger partial charge < -0.3 is 5.32 Å². The summed E-state index contributed by atoms with van der Waals surface area (Å²) in [5.41, 5.74) is 7.23. The molecule has 0 atom stereocenters. The molecule has 1 N–H and O–H groups in total. The van der Waals surface area contributed by atoms with E-state index in [1.807, 2.05) is 67.9 Å². The summed E-state index contributed by atoms with van der Waals surface area (Å²) >= 11 is 0. The molecule has 0 spiro atoms. The van der Waals surface area contributed by atoms with Gasteiger partial charge in [0.25, 0.3) is 5.91 Å². The molecule has 0 aliphatic heterocycles. The third-order valence-electron chi connectivity index (χ3n) is 6.17. The van der Waals surface area contributed by atoms with Crippen molar-refractivity contribution in [2.45, 2.75) is 27.3 Å². The van der Waals surface area contributed by atoms with Gasteiger partial charge >= 0.3 is 0 Å². The minimum Gasteiger partial charge on any atom is -0.348 e. The third-order valence-corrected chi connectivity index (χ3v) is 6.17. The summed E-state index contributed by atoms with van der Waals surface area (Å²) in [6.07, 6.45) is 1.78.